The summed E-state index contributed by atoms with van der Waals surface area (Å²) in [6, 6.07) is 12.9. The number of carbonyl (C=O) groups excluding carboxylic acids is 1. The Morgan fingerprint density at radius 3 is 2.65 bits per heavy atom. The third kappa shape index (κ3) is 4.77. The first-order valence-electron chi connectivity index (χ1n) is 7.80. The molecular weight excluding hydrogens is 411 g/mol. The van der Waals surface area contributed by atoms with Gasteiger partial charge in [0.25, 0.3) is 0 Å². The second-order valence-corrected chi connectivity index (χ2v) is 7.94. The Hall–Kier alpha value is -1.59. The van der Waals surface area contributed by atoms with E-state index >= 15 is 0 Å². The van der Waals surface area contributed by atoms with Crippen LogP contribution in [0.2, 0.25) is 15.1 Å². The van der Waals surface area contributed by atoms with E-state index in [2.05, 4.69) is 4.98 Å². The molecule has 134 valence electrons. The SMILES string of the molecule is CN(Cc1ccc(Cl)c(Cl)c1)C(=O)Cc1csc(-c2cccc(Cl)c2)n1. The third-order valence-corrected chi connectivity index (χ3v) is 5.70. The Morgan fingerprint density at radius 1 is 1.12 bits per heavy atom. The van der Waals surface area contributed by atoms with Crippen molar-refractivity contribution in [1.82, 2.24) is 9.88 Å². The van der Waals surface area contributed by atoms with Crippen molar-refractivity contribution in [3.63, 3.8) is 0 Å². The lowest BCUT2D eigenvalue weighted by atomic mass is 10.2. The number of halogens is 3. The van der Waals surface area contributed by atoms with E-state index < -0.39 is 0 Å². The zero-order valence-corrected chi connectivity index (χ0v) is 17.0. The minimum Gasteiger partial charge on any atom is -0.341 e. The lowest BCUT2D eigenvalue weighted by Gasteiger charge is -2.17. The van der Waals surface area contributed by atoms with Crippen molar-refractivity contribution in [3.05, 3.63) is 74.2 Å². The van der Waals surface area contributed by atoms with Crippen molar-refractivity contribution < 1.29 is 4.79 Å². The van der Waals surface area contributed by atoms with Gasteiger partial charge in [0.15, 0.2) is 0 Å². The molecule has 0 aliphatic heterocycles. The van der Waals surface area contributed by atoms with Gasteiger partial charge in [0.05, 0.1) is 22.2 Å². The standard InChI is InChI=1S/C19H15Cl3N2OS/c1-24(10-12-5-6-16(21)17(22)7-12)18(25)9-15-11-26-19(23-15)13-3-2-4-14(20)8-13/h2-8,11H,9-10H2,1H3. The van der Waals surface area contributed by atoms with Crippen LogP contribution in [0.15, 0.2) is 47.8 Å². The van der Waals surface area contributed by atoms with Crippen LogP contribution >= 0.6 is 46.1 Å². The number of carbonyl (C=O) groups is 1. The van der Waals surface area contributed by atoms with Crippen LogP contribution in [-0.4, -0.2) is 22.8 Å². The molecule has 2 aromatic carbocycles. The monoisotopic (exact) mass is 424 g/mol. The fourth-order valence-electron chi connectivity index (χ4n) is 2.43. The molecule has 0 bridgehead atoms. The maximum Gasteiger partial charge on any atom is 0.228 e. The Labute approximate surface area is 171 Å². The van der Waals surface area contributed by atoms with E-state index in [0.717, 1.165) is 21.8 Å². The van der Waals surface area contributed by atoms with E-state index in [0.29, 0.717) is 21.6 Å². The Balaban J connectivity index is 1.65. The van der Waals surface area contributed by atoms with Crippen LogP contribution in [-0.2, 0) is 17.8 Å². The van der Waals surface area contributed by atoms with Gasteiger partial charge in [-0.2, -0.15) is 0 Å². The molecule has 0 aliphatic carbocycles. The van der Waals surface area contributed by atoms with Gasteiger partial charge in [-0.1, -0.05) is 53.0 Å². The van der Waals surface area contributed by atoms with E-state index in [1.807, 2.05) is 35.7 Å². The molecule has 3 aromatic rings. The summed E-state index contributed by atoms with van der Waals surface area (Å²) in [5.74, 6) is -0.0148. The Morgan fingerprint density at radius 2 is 1.92 bits per heavy atom. The maximum atomic E-state index is 12.5. The highest BCUT2D eigenvalue weighted by Crippen LogP contribution is 2.26. The highest BCUT2D eigenvalue weighted by Gasteiger charge is 2.14. The van der Waals surface area contributed by atoms with Gasteiger partial charge >= 0.3 is 0 Å². The molecule has 0 saturated heterocycles. The minimum atomic E-state index is -0.0148. The van der Waals surface area contributed by atoms with Gasteiger partial charge in [0.1, 0.15) is 5.01 Å². The summed E-state index contributed by atoms with van der Waals surface area (Å²) in [6.07, 6.45) is 0.245. The molecule has 7 heteroatoms. The Bertz CT molecular complexity index is 942. The summed E-state index contributed by atoms with van der Waals surface area (Å²) in [4.78, 5) is 18.7. The summed E-state index contributed by atoms with van der Waals surface area (Å²) in [5.41, 5.74) is 2.62. The summed E-state index contributed by atoms with van der Waals surface area (Å²) >= 11 is 19.5. The first-order chi connectivity index (χ1) is 12.4. The maximum absolute atomic E-state index is 12.5. The molecule has 0 fully saturated rings. The highest BCUT2D eigenvalue weighted by atomic mass is 35.5. The molecule has 0 radical (unpaired) electrons. The van der Waals surface area contributed by atoms with E-state index in [9.17, 15) is 4.79 Å². The minimum absolute atomic E-state index is 0.0148. The van der Waals surface area contributed by atoms with Gasteiger partial charge < -0.3 is 4.90 Å². The summed E-state index contributed by atoms with van der Waals surface area (Å²) in [5, 5.41) is 4.40. The fourth-order valence-corrected chi connectivity index (χ4v) is 3.76. The molecular formula is C19H15Cl3N2OS. The molecule has 1 amide bonds. The van der Waals surface area contributed by atoms with Crippen LogP contribution < -0.4 is 0 Å². The largest absolute Gasteiger partial charge is 0.341 e. The van der Waals surface area contributed by atoms with Crippen molar-refractivity contribution in [1.29, 1.82) is 0 Å². The van der Waals surface area contributed by atoms with Gasteiger partial charge in [-0.15, -0.1) is 11.3 Å². The van der Waals surface area contributed by atoms with Gasteiger partial charge in [0.2, 0.25) is 5.91 Å². The van der Waals surface area contributed by atoms with Crippen LogP contribution in [0.1, 0.15) is 11.3 Å². The number of aromatic nitrogens is 1. The van der Waals surface area contributed by atoms with E-state index in [1.165, 1.54) is 11.3 Å². The lowest BCUT2D eigenvalue weighted by molar-refractivity contribution is -0.129. The first-order valence-corrected chi connectivity index (χ1v) is 9.82. The summed E-state index contributed by atoms with van der Waals surface area (Å²) in [6.45, 7) is 0.459. The topological polar surface area (TPSA) is 33.2 Å². The van der Waals surface area contributed by atoms with Gasteiger partial charge in [0, 0.05) is 29.6 Å². The average Bonchev–Trinajstić information content (AvgIpc) is 3.06. The van der Waals surface area contributed by atoms with E-state index in [-0.39, 0.29) is 12.3 Å². The molecule has 0 aliphatic rings. The first kappa shape index (κ1) is 19.2. The van der Waals surface area contributed by atoms with Crippen LogP contribution in [0.3, 0.4) is 0 Å². The zero-order valence-electron chi connectivity index (χ0n) is 13.9. The molecule has 0 unspecified atom stereocenters. The van der Waals surface area contributed by atoms with E-state index in [4.69, 9.17) is 34.8 Å². The van der Waals surface area contributed by atoms with Gasteiger partial charge in [-0.05, 0) is 29.8 Å². The predicted octanol–water partition coefficient (Wildman–Crippen LogP) is 5.97. The average molecular weight is 426 g/mol. The number of hydrogen-bond donors (Lipinski definition) is 0. The smallest absolute Gasteiger partial charge is 0.228 e. The molecule has 1 heterocycles. The van der Waals surface area contributed by atoms with Crippen LogP contribution in [0.25, 0.3) is 10.6 Å². The summed E-state index contributed by atoms with van der Waals surface area (Å²) in [7, 11) is 1.76. The zero-order chi connectivity index (χ0) is 18.7. The van der Waals surface area contributed by atoms with Crippen LogP contribution in [0.5, 0.6) is 0 Å². The third-order valence-electron chi connectivity index (χ3n) is 3.79. The second-order valence-electron chi connectivity index (χ2n) is 5.83. The quantitative estimate of drug-likeness (QED) is 0.504. The van der Waals surface area contributed by atoms with Crippen molar-refractivity contribution in [2.24, 2.45) is 0 Å². The number of benzene rings is 2. The molecule has 1 aromatic heterocycles. The number of thiazole rings is 1. The highest BCUT2D eigenvalue weighted by molar-refractivity contribution is 7.13. The van der Waals surface area contributed by atoms with Crippen LogP contribution in [0.4, 0.5) is 0 Å². The van der Waals surface area contributed by atoms with Crippen molar-refractivity contribution in [2.45, 2.75) is 13.0 Å². The van der Waals surface area contributed by atoms with Crippen molar-refractivity contribution >= 4 is 52.0 Å². The van der Waals surface area contributed by atoms with Crippen molar-refractivity contribution in [2.75, 3.05) is 7.05 Å². The van der Waals surface area contributed by atoms with Gasteiger partial charge in [-0.25, -0.2) is 4.98 Å². The summed E-state index contributed by atoms with van der Waals surface area (Å²) < 4.78 is 0. The second kappa shape index (κ2) is 8.40. The number of amides is 1. The van der Waals surface area contributed by atoms with Crippen molar-refractivity contribution in [3.8, 4) is 10.6 Å². The molecule has 3 nitrogen and oxygen atoms in total. The number of likely N-dealkylation sites (N-methyl/N-ethyl adjacent to an activating group) is 1. The van der Waals surface area contributed by atoms with E-state index in [1.54, 1.807) is 24.1 Å². The molecule has 0 saturated carbocycles. The normalized spacial score (nSPS) is 10.8. The van der Waals surface area contributed by atoms with Crippen LogP contribution in [0, 0.1) is 0 Å². The number of hydrogen-bond acceptors (Lipinski definition) is 3. The van der Waals surface area contributed by atoms with Gasteiger partial charge in [-0.3, -0.25) is 4.79 Å². The number of rotatable bonds is 5. The fraction of sp³-hybridized carbons (Fsp3) is 0.158. The Kier molecular flexibility index (Phi) is 6.20. The molecule has 3 rings (SSSR count). The number of nitrogens with zero attached hydrogens (tertiary/aromatic N) is 2. The molecule has 0 spiro atoms. The lowest BCUT2D eigenvalue weighted by Crippen LogP contribution is -2.27. The molecule has 0 atom stereocenters. The molecule has 26 heavy (non-hydrogen) atoms. The predicted molar refractivity (Wildman–Crippen MR) is 109 cm³/mol. The molecule has 0 N–H and O–H groups in total.